The summed E-state index contributed by atoms with van der Waals surface area (Å²) in [5.41, 5.74) is 2.49. The van der Waals surface area contributed by atoms with Crippen LogP contribution in [-0.4, -0.2) is 4.98 Å². The molecule has 1 N–H and O–H groups in total. The van der Waals surface area contributed by atoms with Gasteiger partial charge in [0.05, 0.1) is 0 Å². The third kappa shape index (κ3) is 7.73. The van der Waals surface area contributed by atoms with E-state index in [2.05, 4.69) is 18.1 Å². The van der Waals surface area contributed by atoms with Crippen LogP contribution in [0, 0.1) is 26.6 Å². The number of rotatable bonds is 1. The van der Waals surface area contributed by atoms with Crippen LogP contribution >= 0.6 is 0 Å². The van der Waals surface area contributed by atoms with E-state index in [1.165, 1.54) is 17.2 Å². The second-order valence-corrected chi connectivity index (χ2v) is 2.44. The number of allylic oxidation sites excluding steroid dienone is 3. The second kappa shape index (κ2) is 9.47. The Hall–Kier alpha value is -0.617. The molecule has 0 aliphatic rings. The molecule has 0 unspecified atom stereocenters. The summed E-state index contributed by atoms with van der Waals surface area (Å²) >= 11 is 0. The van der Waals surface area contributed by atoms with Crippen LogP contribution in [-0.2, 0) is 19.5 Å². The minimum absolute atomic E-state index is 0. The molecule has 0 spiro atoms. The van der Waals surface area contributed by atoms with Crippen LogP contribution in [0.4, 0.5) is 0 Å². The van der Waals surface area contributed by atoms with Gasteiger partial charge in [0.1, 0.15) is 0 Å². The summed E-state index contributed by atoms with van der Waals surface area (Å²) < 4.78 is 0. The molecule has 0 amide bonds. The van der Waals surface area contributed by atoms with E-state index in [9.17, 15) is 0 Å². The van der Waals surface area contributed by atoms with Gasteiger partial charge in [0, 0.05) is 0 Å². The van der Waals surface area contributed by atoms with Gasteiger partial charge in [-0.15, -0.1) is 12.4 Å². The van der Waals surface area contributed by atoms with E-state index < -0.39 is 0 Å². The number of hydrogen-bond donors (Lipinski definition) is 1. The van der Waals surface area contributed by atoms with Crippen LogP contribution in [0.25, 0.3) is 0 Å². The van der Waals surface area contributed by atoms with Gasteiger partial charge in [0.15, 0.2) is 0 Å². The van der Waals surface area contributed by atoms with Crippen LogP contribution in [0.1, 0.15) is 18.1 Å². The standard InChI is InChI=1S/C6H8N.C5H7.Ru/c1-5-3-7-4-6(5)2;1-3-5-4-2;/h3,7H,1-2H3;1,3-5H,2H3;/q2*-1;+2. The molecule has 1 aromatic rings. The van der Waals surface area contributed by atoms with E-state index in [0.29, 0.717) is 0 Å². The fourth-order valence-electron chi connectivity index (χ4n) is 0.571. The number of aromatic nitrogens is 1. The summed E-state index contributed by atoms with van der Waals surface area (Å²) in [5, 5.41) is 0. The van der Waals surface area contributed by atoms with Crippen LogP contribution in [0.2, 0.25) is 0 Å². The first kappa shape index (κ1) is 14.9. The molecule has 0 aromatic carbocycles. The maximum atomic E-state index is 4.93. The van der Waals surface area contributed by atoms with Crippen LogP contribution < -0.4 is 0 Å². The van der Waals surface area contributed by atoms with Gasteiger partial charge >= 0.3 is 19.5 Å². The molecular weight excluding hydrogens is 247 g/mol. The van der Waals surface area contributed by atoms with Gasteiger partial charge in [-0.25, -0.2) is 12.2 Å². The van der Waals surface area contributed by atoms with Gasteiger partial charge in [-0.05, 0) is 0 Å². The molecule has 13 heavy (non-hydrogen) atoms. The number of H-pyrrole nitrogens is 1. The minimum atomic E-state index is 0. The zero-order chi connectivity index (χ0) is 9.40. The van der Waals surface area contributed by atoms with Crippen molar-refractivity contribution in [3.05, 3.63) is 48.3 Å². The summed E-state index contributed by atoms with van der Waals surface area (Å²) in [6.07, 6.45) is 10.0. The van der Waals surface area contributed by atoms with Crippen molar-refractivity contribution in [1.82, 2.24) is 4.98 Å². The molecule has 1 aromatic heterocycles. The summed E-state index contributed by atoms with van der Waals surface area (Å²) in [5.74, 6) is 0. The minimum Gasteiger partial charge on any atom is -0.484 e. The Labute approximate surface area is 93.7 Å². The first-order chi connectivity index (χ1) is 5.72. The first-order valence-corrected chi connectivity index (χ1v) is 3.90. The van der Waals surface area contributed by atoms with Crippen LogP contribution in [0.15, 0.2) is 24.4 Å². The van der Waals surface area contributed by atoms with E-state index >= 15 is 0 Å². The summed E-state index contributed by atoms with van der Waals surface area (Å²) in [4.78, 5) is 2.87. The first-order valence-electron chi connectivity index (χ1n) is 3.90. The molecule has 0 bridgehead atoms. The zero-order valence-corrected chi connectivity index (χ0v) is 9.98. The topological polar surface area (TPSA) is 15.8 Å². The average Bonchev–Trinajstić information content (AvgIpc) is 2.39. The Balaban J connectivity index is 0. The largest absolute Gasteiger partial charge is 2.00 e. The molecule has 0 aliphatic heterocycles. The predicted octanol–water partition coefficient (Wildman–Crippen LogP) is 2.98. The van der Waals surface area contributed by atoms with Crippen molar-refractivity contribution in [3.63, 3.8) is 0 Å². The van der Waals surface area contributed by atoms with Gasteiger partial charge in [-0.1, -0.05) is 20.8 Å². The molecule has 1 nitrogen and oxygen atoms in total. The van der Waals surface area contributed by atoms with E-state index in [1.54, 1.807) is 6.08 Å². The van der Waals surface area contributed by atoms with Crippen molar-refractivity contribution in [2.45, 2.75) is 20.8 Å². The molecular formula is C11H15NRu. The van der Waals surface area contributed by atoms with Crippen molar-refractivity contribution < 1.29 is 19.5 Å². The van der Waals surface area contributed by atoms with Gasteiger partial charge in [0.25, 0.3) is 0 Å². The summed E-state index contributed by atoms with van der Waals surface area (Å²) in [7, 11) is 0. The number of hydrogen-bond acceptors (Lipinski definition) is 0. The van der Waals surface area contributed by atoms with E-state index in [4.69, 9.17) is 6.58 Å². The smallest absolute Gasteiger partial charge is 0.484 e. The van der Waals surface area contributed by atoms with Gasteiger partial charge < -0.3 is 4.98 Å². The Kier molecular flexibility index (Phi) is 10.8. The van der Waals surface area contributed by atoms with Gasteiger partial charge in [0.2, 0.25) is 0 Å². The molecule has 0 saturated heterocycles. The molecule has 72 valence electrons. The molecule has 0 atom stereocenters. The third-order valence-electron chi connectivity index (χ3n) is 1.44. The van der Waals surface area contributed by atoms with Crippen molar-refractivity contribution in [2.24, 2.45) is 0 Å². The van der Waals surface area contributed by atoms with Crippen molar-refractivity contribution in [3.8, 4) is 0 Å². The molecule has 0 radical (unpaired) electrons. The maximum absolute atomic E-state index is 4.93. The third-order valence-corrected chi connectivity index (χ3v) is 1.44. The Morgan fingerprint density at radius 1 is 1.46 bits per heavy atom. The van der Waals surface area contributed by atoms with E-state index in [1.807, 2.05) is 26.1 Å². The van der Waals surface area contributed by atoms with E-state index in [0.717, 1.165) is 0 Å². The Morgan fingerprint density at radius 2 is 2.08 bits per heavy atom. The SMILES string of the molecule is Cc1[c-][nH]cc1C.[CH-]=CC=CC.[Ru+2]. The molecule has 0 aliphatic carbocycles. The molecule has 1 rings (SSSR count). The Bertz CT molecular complexity index is 232. The Morgan fingerprint density at radius 3 is 2.15 bits per heavy atom. The van der Waals surface area contributed by atoms with Gasteiger partial charge in [-0.2, -0.15) is 17.2 Å². The fraction of sp³-hybridized carbons (Fsp3) is 0.273. The molecule has 0 fully saturated rings. The normalized spacial score (nSPS) is 8.54. The molecule has 2 heteroatoms. The van der Waals surface area contributed by atoms with Crippen molar-refractivity contribution >= 4 is 0 Å². The summed E-state index contributed by atoms with van der Waals surface area (Å²) in [6, 6.07) is 0. The summed E-state index contributed by atoms with van der Waals surface area (Å²) in [6.45, 7) is 10.9. The molecule has 0 saturated carbocycles. The number of aryl methyl sites for hydroxylation is 2. The van der Waals surface area contributed by atoms with Crippen molar-refractivity contribution in [2.75, 3.05) is 0 Å². The quantitative estimate of drug-likeness (QED) is 0.455. The zero-order valence-electron chi connectivity index (χ0n) is 8.24. The van der Waals surface area contributed by atoms with Crippen LogP contribution in [0.5, 0.6) is 0 Å². The average molecular weight is 262 g/mol. The predicted molar refractivity (Wildman–Crippen MR) is 52.8 cm³/mol. The van der Waals surface area contributed by atoms with Gasteiger partial charge in [-0.3, -0.25) is 6.58 Å². The maximum Gasteiger partial charge on any atom is 2.00 e. The molecule has 1 heterocycles. The number of aromatic amines is 1. The monoisotopic (exact) mass is 263 g/mol. The van der Waals surface area contributed by atoms with E-state index in [-0.39, 0.29) is 19.5 Å². The second-order valence-electron chi connectivity index (χ2n) is 2.44. The van der Waals surface area contributed by atoms with Crippen molar-refractivity contribution in [1.29, 1.82) is 0 Å². The fourth-order valence-corrected chi connectivity index (χ4v) is 0.571. The van der Waals surface area contributed by atoms with Crippen LogP contribution in [0.3, 0.4) is 0 Å². The number of nitrogens with one attached hydrogen (secondary N) is 1.